The molecule has 1 aromatic rings. The highest BCUT2D eigenvalue weighted by Gasteiger charge is 2.25. The average Bonchev–Trinajstić information content (AvgIpc) is 2.28. The van der Waals surface area contributed by atoms with E-state index in [-0.39, 0.29) is 5.54 Å². The van der Waals surface area contributed by atoms with Crippen molar-refractivity contribution in [2.75, 3.05) is 13.6 Å². The van der Waals surface area contributed by atoms with E-state index in [4.69, 9.17) is 5.73 Å². The summed E-state index contributed by atoms with van der Waals surface area (Å²) in [5.41, 5.74) is 8.07. The first-order chi connectivity index (χ1) is 7.51. The van der Waals surface area contributed by atoms with Gasteiger partial charge in [0.1, 0.15) is 0 Å². The number of likely N-dealkylation sites (N-methyl/N-ethyl adjacent to an activating group) is 1. The van der Waals surface area contributed by atoms with Crippen molar-refractivity contribution in [3.05, 3.63) is 29.6 Å². The Balaban J connectivity index is 2.74. The van der Waals surface area contributed by atoms with Gasteiger partial charge in [0.25, 0.3) is 0 Å². The molecule has 0 aliphatic carbocycles. The van der Waals surface area contributed by atoms with E-state index in [9.17, 15) is 0 Å². The maximum atomic E-state index is 5.84. The molecule has 3 nitrogen and oxygen atoms in total. The van der Waals surface area contributed by atoms with Gasteiger partial charge in [0, 0.05) is 24.3 Å². The minimum Gasteiger partial charge on any atom is -0.329 e. The summed E-state index contributed by atoms with van der Waals surface area (Å²) in [6.45, 7) is 7.91. The van der Waals surface area contributed by atoms with Gasteiger partial charge in [0.2, 0.25) is 0 Å². The summed E-state index contributed by atoms with van der Waals surface area (Å²) in [7, 11) is 2.11. The van der Waals surface area contributed by atoms with Crippen molar-refractivity contribution in [1.82, 2.24) is 9.88 Å². The predicted molar refractivity (Wildman–Crippen MR) is 68.2 cm³/mol. The molecular formula is C13H23N3. The van der Waals surface area contributed by atoms with Gasteiger partial charge < -0.3 is 5.73 Å². The molecule has 1 aromatic heterocycles. The standard InChI is InChI=1S/C13H23N3/c1-5-13(3,10-14)16(4)9-12-8-6-7-11(2)15-12/h6-8H,5,9-10,14H2,1-4H3. The zero-order chi connectivity index (χ0) is 12.2. The Morgan fingerprint density at radius 1 is 1.44 bits per heavy atom. The highest BCUT2D eigenvalue weighted by molar-refractivity contribution is 5.10. The van der Waals surface area contributed by atoms with Crippen LogP contribution in [0.15, 0.2) is 18.2 Å². The molecule has 3 heteroatoms. The highest BCUT2D eigenvalue weighted by atomic mass is 15.2. The zero-order valence-electron chi connectivity index (χ0n) is 10.8. The predicted octanol–water partition coefficient (Wildman–Crippen LogP) is 1.95. The molecule has 0 radical (unpaired) electrons. The molecule has 2 N–H and O–H groups in total. The average molecular weight is 221 g/mol. The summed E-state index contributed by atoms with van der Waals surface area (Å²) >= 11 is 0. The number of hydrogen-bond donors (Lipinski definition) is 1. The van der Waals surface area contributed by atoms with Crippen molar-refractivity contribution >= 4 is 0 Å². The van der Waals surface area contributed by atoms with Crippen LogP contribution in [-0.4, -0.2) is 29.0 Å². The van der Waals surface area contributed by atoms with Crippen LogP contribution in [-0.2, 0) is 6.54 Å². The van der Waals surface area contributed by atoms with E-state index in [1.165, 1.54) is 0 Å². The first-order valence-electron chi connectivity index (χ1n) is 5.85. The Labute approximate surface area is 98.7 Å². The number of pyridine rings is 1. The number of rotatable bonds is 5. The second-order valence-corrected chi connectivity index (χ2v) is 4.68. The van der Waals surface area contributed by atoms with Crippen LogP contribution in [0.25, 0.3) is 0 Å². The van der Waals surface area contributed by atoms with E-state index >= 15 is 0 Å². The third-order valence-corrected chi connectivity index (χ3v) is 3.47. The first kappa shape index (κ1) is 13.1. The van der Waals surface area contributed by atoms with Gasteiger partial charge in [-0.3, -0.25) is 9.88 Å². The van der Waals surface area contributed by atoms with Crippen molar-refractivity contribution in [3.8, 4) is 0 Å². The summed E-state index contributed by atoms with van der Waals surface area (Å²) in [6.07, 6.45) is 1.05. The lowest BCUT2D eigenvalue weighted by molar-refractivity contribution is 0.130. The third kappa shape index (κ3) is 3.03. The lowest BCUT2D eigenvalue weighted by Crippen LogP contribution is -2.48. The highest BCUT2D eigenvalue weighted by Crippen LogP contribution is 2.18. The summed E-state index contributed by atoms with van der Waals surface area (Å²) in [6, 6.07) is 6.14. The largest absolute Gasteiger partial charge is 0.329 e. The normalized spacial score (nSPS) is 15.1. The van der Waals surface area contributed by atoms with Crippen LogP contribution < -0.4 is 5.73 Å². The molecule has 0 fully saturated rings. The number of nitrogens with zero attached hydrogens (tertiary/aromatic N) is 2. The fraction of sp³-hybridized carbons (Fsp3) is 0.615. The lowest BCUT2D eigenvalue weighted by atomic mass is 9.97. The first-order valence-corrected chi connectivity index (χ1v) is 5.85. The molecule has 16 heavy (non-hydrogen) atoms. The van der Waals surface area contributed by atoms with E-state index in [0.717, 1.165) is 24.4 Å². The van der Waals surface area contributed by atoms with Crippen LogP contribution in [0.4, 0.5) is 0 Å². The van der Waals surface area contributed by atoms with Gasteiger partial charge in [-0.15, -0.1) is 0 Å². The number of aromatic nitrogens is 1. The van der Waals surface area contributed by atoms with E-state index < -0.39 is 0 Å². The maximum Gasteiger partial charge on any atom is 0.0547 e. The number of nitrogens with two attached hydrogens (primary N) is 1. The van der Waals surface area contributed by atoms with Crippen molar-refractivity contribution in [2.24, 2.45) is 5.73 Å². The second kappa shape index (κ2) is 5.41. The van der Waals surface area contributed by atoms with Crippen molar-refractivity contribution in [1.29, 1.82) is 0 Å². The minimum atomic E-state index is 0.0609. The molecule has 0 aromatic carbocycles. The number of hydrogen-bond acceptors (Lipinski definition) is 3. The lowest BCUT2D eigenvalue weighted by Gasteiger charge is -2.37. The van der Waals surface area contributed by atoms with Gasteiger partial charge in [0.15, 0.2) is 0 Å². The van der Waals surface area contributed by atoms with Gasteiger partial charge in [-0.25, -0.2) is 0 Å². The smallest absolute Gasteiger partial charge is 0.0547 e. The van der Waals surface area contributed by atoms with Gasteiger partial charge in [-0.05, 0) is 39.4 Å². The molecule has 90 valence electrons. The van der Waals surface area contributed by atoms with Crippen molar-refractivity contribution < 1.29 is 0 Å². The van der Waals surface area contributed by atoms with Gasteiger partial charge in [0.05, 0.1) is 5.69 Å². The van der Waals surface area contributed by atoms with Gasteiger partial charge in [-0.1, -0.05) is 13.0 Å². The summed E-state index contributed by atoms with van der Waals surface area (Å²) in [5, 5.41) is 0. The molecule has 1 heterocycles. The SMILES string of the molecule is CCC(C)(CN)N(C)Cc1cccc(C)n1. The molecule has 0 amide bonds. The second-order valence-electron chi connectivity index (χ2n) is 4.68. The van der Waals surface area contributed by atoms with Gasteiger partial charge in [-0.2, -0.15) is 0 Å². The molecule has 1 rings (SSSR count). The quantitative estimate of drug-likeness (QED) is 0.826. The molecule has 1 unspecified atom stereocenters. The summed E-state index contributed by atoms with van der Waals surface area (Å²) < 4.78 is 0. The van der Waals surface area contributed by atoms with Crippen LogP contribution in [0.5, 0.6) is 0 Å². The Morgan fingerprint density at radius 3 is 2.62 bits per heavy atom. The fourth-order valence-electron chi connectivity index (χ4n) is 1.69. The van der Waals surface area contributed by atoms with Crippen molar-refractivity contribution in [2.45, 2.75) is 39.3 Å². The zero-order valence-corrected chi connectivity index (χ0v) is 10.8. The van der Waals surface area contributed by atoms with Gasteiger partial charge >= 0.3 is 0 Å². The third-order valence-electron chi connectivity index (χ3n) is 3.47. The molecule has 0 saturated carbocycles. The Morgan fingerprint density at radius 2 is 2.12 bits per heavy atom. The Hall–Kier alpha value is -0.930. The van der Waals surface area contributed by atoms with Crippen LogP contribution in [0.2, 0.25) is 0 Å². The van der Waals surface area contributed by atoms with Crippen LogP contribution in [0.1, 0.15) is 31.7 Å². The van der Waals surface area contributed by atoms with Crippen LogP contribution in [0, 0.1) is 6.92 Å². The summed E-state index contributed by atoms with van der Waals surface area (Å²) in [4.78, 5) is 6.80. The fourth-order valence-corrected chi connectivity index (χ4v) is 1.69. The summed E-state index contributed by atoms with van der Waals surface area (Å²) in [5.74, 6) is 0. The topological polar surface area (TPSA) is 42.1 Å². The molecule has 0 spiro atoms. The molecule has 0 bridgehead atoms. The molecule has 0 aliphatic rings. The molecular weight excluding hydrogens is 198 g/mol. The van der Waals surface area contributed by atoms with E-state index in [0.29, 0.717) is 6.54 Å². The van der Waals surface area contributed by atoms with E-state index in [2.05, 4.69) is 42.9 Å². The molecule has 0 saturated heterocycles. The van der Waals surface area contributed by atoms with E-state index in [1.807, 2.05) is 13.0 Å². The van der Waals surface area contributed by atoms with E-state index in [1.54, 1.807) is 0 Å². The number of aryl methyl sites for hydroxylation is 1. The van der Waals surface area contributed by atoms with Crippen LogP contribution >= 0.6 is 0 Å². The van der Waals surface area contributed by atoms with Crippen molar-refractivity contribution in [3.63, 3.8) is 0 Å². The molecule has 1 atom stereocenters. The Kier molecular flexibility index (Phi) is 4.44. The Bertz CT molecular complexity index is 332. The molecule has 0 aliphatic heterocycles. The van der Waals surface area contributed by atoms with Crippen LogP contribution in [0.3, 0.4) is 0 Å². The minimum absolute atomic E-state index is 0.0609. The maximum absolute atomic E-state index is 5.84. The monoisotopic (exact) mass is 221 g/mol.